The van der Waals surface area contributed by atoms with Crippen molar-refractivity contribution in [3.8, 4) is 0 Å². The highest BCUT2D eigenvalue weighted by Gasteiger charge is 2.37. The van der Waals surface area contributed by atoms with Crippen LogP contribution in [0.2, 0.25) is 0 Å². The third-order valence-corrected chi connectivity index (χ3v) is 4.33. The van der Waals surface area contributed by atoms with Gasteiger partial charge in [0.05, 0.1) is 11.1 Å². The van der Waals surface area contributed by atoms with Crippen LogP contribution in [0, 0.1) is 5.92 Å². The van der Waals surface area contributed by atoms with Crippen LogP contribution in [-0.2, 0) is 23.7 Å². The average Bonchev–Trinajstić information content (AvgIpc) is 2.99. The molecule has 3 nitrogen and oxygen atoms in total. The van der Waals surface area contributed by atoms with E-state index in [1.54, 1.807) is 7.05 Å². The number of amides is 1. The maximum absolute atomic E-state index is 12.8. The molecule has 9 heteroatoms. The predicted octanol–water partition coefficient (Wildman–Crippen LogP) is 3.73. The van der Waals surface area contributed by atoms with Crippen molar-refractivity contribution in [3.05, 3.63) is 34.9 Å². The van der Waals surface area contributed by atoms with E-state index in [9.17, 15) is 31.1 Å². The fourth-order valence-corrected chi connectivity index (χ4v) is 2.94. The molecule has 1 fully saturated rings. The number of hydrogen-bond acceptors (Lipinski definition) is 2. The summed E-state index contributed by atoms with van der Waals surface area (Å²) in [6.07, 6.45) is -7.76. The van der Waals surface area contributed by atoms with Gasteiger partial charge in [0.2, 0.25) is 5.91 Å². The molecule has 2 rings (SSSR count). The molecule has 0 heterocycles. The van der Waals surface area contributed by atoms with Gasteiger partial charge >= 0.3 is 12.4 Å². The molecule has 0 aliphatic heterocycles. The lowest BCUT2D eigenvalue weighted by molar-refractivity contribution is -0.143. The topological polar surface area (TPSA) is 41.1 Å². The summed E-state index contributed by atoms with van der Waals surface area (Å²) in [7, 11) is 1.77. The zero-order chi connectivity index (χ0) is 18.8. The number of rotatable bonds is 4. The van der Waals surface area contributed by atoms with Crippen molar-refractivity contribution in [2.24, 2.45) is 5.92 Å². The molecule has 0 unspecified atom stereocenters. The first kappa shape index (κ1) is 19.6. The molecule has 140 valence electrons. The Bertz CT molecular complexity index is 594. The van der Waals surface area contributed by atoms with Crippen molar-refractivity contribution in [1.82, 2.24) is 10.6 Å². The van der Waals surface area contributed by atoms with Gasteiger partial charge in [-0.25, -0.2) is 0 Å². The summed E-state index contributed by atoms with van der Waals surface area (Å²) in [6, 6.07) is 1.52. The number of carbonyl (C=O) groups excluding carboxylic acids is 1. The number of nitrogens with one attached hydrogen (secondary N) is 2. The second-order valence-corrected chi connectivity index (χ2v) is 6.13. The molecule has 1 aliphatic carbocycles. The van der Waals surface area contributed by atoms with Gasteiger partial charge < -0.3 is 10.6 Å². The van der Waals surface area contributed by atoms with E-state index in [1.807, 2.05) is 0 Å². The molecule has 1 aliphatic rings. The molecule has 0 spiro atoms. The van der Waals surface area contributed by atoms with Crippen LogP contribution in [0.25, 0.3) is 0 Å². The Morgan fingerprint density at radius 1 is 1.04 bits per heavy atom. The molecule has 2 atom stereocenters. The lowest BCUT2D eigenvalue weighted by Gasteiger charge is -2.16. The molecule has 1 aromatic rings. The van der Waals surface area contributed by atoms with Crippen LogP contribution >= 0.6 is 0 Å². The fraction of sp³-hybridized carbons (Fsp3) is 0.562. The average molecular weight is 368 g/mol. The van der Waals surface area contributed by atoms with Crippen LogP contribution in [0.3, 0.4) is 0 Å². The van der Waals surface area contributed by atoms with E-state index in [1.165, 1.54) is 0 Å². The second-order valence-electron chi connectivity index (χ2n) is 6.13. The van der Waals surface area contributed by atoms with Crippen LogP contribution in [0.4, 0.5) is 26.3 Å². The number of benzene rings is 1. The number of halogens is 6. The number of carbonyl (C=O) groups is 1. The summed E-state index contributed by atoms with van der Waals surface area (Å²) in [5.74, 6) is -0.644. The second kappa shape index (κ2) is 7.23. The Kier molecular flexibility index (Phi) is 5.65. The quantitative estimate of drug-likeness (QED) is 0.796. The van der Waals surface area contributed by atoms with Crippen LogP contribution in [-0.4, -0.2) is 19.0 Å². The van der Waals surface area contributed by atoms with E-state index < -0.39 is 23.5 Å². The van der Waals surface area contributed by atoms with Gasteiger partial charge in [-0.3, -0.25) is 4.79 Å². The van der Waals surface area contributed by atoms with E-state index in [4.69, 9.17) is 0 Å². The van der Waals surface area contributed by atoms with Gasteiger partial charge in [0, 0.05) is 18.5 Å². The third kappa shape index (κ3) is 5.10. The first-order chi connectivity index (χ1) is 11.5. The predicted molar refractivity (Wildman–Crippen MR) is 78.5 cm³/mol. The minimum absolute atomic E-state index is 0.0693. The minimum Gasteiger partial charge on any atom is -0.352 e. The van der Waals surface area contributed by atoms with Gasteiger partial charge in [-0.05, 0) is 50.1 Å². The Labute approximate surface area is 140 Å². The summed E-state index contributed by atoms with van der Waals surface area (Å²) in [5, 5.41) is 5.48. The van der Waals surface area contributed by atoms with Crippen LogP contribution in [0.15, 0.2) is 18.2 Å². The van der Waals surface area contributed by atoms with Crippen molar-refractivity contribution >= 4 is 5.91 Å². The van der Waals surface area contributed by atoms with Gasteiger partial charge in [-0.2, -0.15) is 26.3 Å². The van der Waals surface area contributed by atoms with Crippen molar-refractivity contribution < 1.29 is 31.1 Å². The monoisotopic (exact) mass is 368 g/mol. The summed E-state index contributed by atoms with van der Waals surface area (Å²) < 4.78 is 76.8. The fourth-order valence-electron chi connectivity index (χ4n) is 2.94. The molecular weight excluding hydrogens is 350 g/mol. The minimum atomic E-state index is -4.90. The van der Waals surface area contributed by atoms with Gasteiger partial charge in [-0.1, -0.05) is 0 Å². The molecule has 2 N–H and O–H groups in total. The first-order valence-electron chi connectivity index (χ1n) is 7.74. The third-order valence-electron chi connectivity index (χ3n) is 4.33. The van der Waals surface area contributed by atoms with Crippen LogP contribution in [0.5, 0.6) is 0 Å². The van der Waals surface area contributed by atoms with Gasteiger partial charge in [0.1, 0.15) is 0 Å². The zero-order valence-corrected chi connectivity index (χ0v) is 13.4. The maximum Gasteiger partial charge on any atom is 0.416 e. The van der Waals surface area contributed by atoms with Crippen molar-refractivity contribution in [3.63, 3.8) is 0 Å². The normalized spacial score (nSPS) is 21.4. The van der Waals surface area contributed by atoms with Gasteiger partial charge in [-0.15, -0.1) is 0 Å². The summed E-state index contributed by atoms with van der Waals surface area (Å²) in [4.78, 5) is 12.1. The molecule has 0 saturated heterocycles. The Morgan fingerprint density at radius 3 is 2.04 bits per heavy atom. The van der Waals surface area contributed by atoms with E-state index in [2.05, 4.69) is 10.6 Å². The van der Waals surface area contributed by atoms with Gasteiger partial charge in [0.25, 0.3) is 0 Å². The molecular formula is C16H18F6N2O. The molecule has 1 aromatic carbocycles. The smallest absolute Gasteiger partial charge is 0.352 e. The Hall–Kier alpha value is -1.77. The molecule has 0 bridgehead atoms. The first-order valence-corrected chi connectivity index (χ1v) is 7.74. The summed E-state index contributed by atoms with van der Waals surface area (Å²) in [6.45, 7) is -0.382. The number of hydrogen-bond donors (Lipinski definition) is 2. The van der Waals surface area contributed by atoms with E-state index in [0.29, 0.717) is 25.0 Å². The maximum atomic E-state index is 12.8. The van der Waals surface area contributed by atoms with Crippen molar-refractivity contribution in [1.29, 1.82) is 0 Å². The molecule has 0 radical (unpaired) electrons. The van der Waals surface area contributed by atoms with Crippen LogP contribution < -0.4 is 10.6 Å². The molecule has 25 heavy (non-hydrogen) atoms. The highest BCUT2D eigenvalue weighted by Crippen LogP contribution is 2.36. The molecule has 1 amide bonds. The lowest BCUT2D eigenvalue weighted by atomic mass is 10.0. The Morgan fingerprint density at radius 2 is 1.60 bits per heavy atom. The zero-order valence-electron chi connectivity index (χ0n) is 13.4. The highest BCUT2D eigenvalue weighted by molar-refractivity contribution is 5.79. The van der Waals surface area contributed by atoms with Crippen molar-refractivity contribution in [2.45, 2.75) is 44.2 Å². The standard InChI is InChI=1S/C16H18F6N2O/c1-23-13-3-2-10(6-13)14(25)24-8-9-4-11(15(17,18)19)7-12(5-9)16(20,21)22/h4-5,7,10,13,23H,2-3,6,8H2,1H3,(H,24,25)/t10-,13+/m0/s1. The largest absolute Gasteiger partial charge is 0.416 e. The summed E-state index contributed by atoms with van der Waals surface area (Å²) in [5.41, 5.74) is -3.01. The molecule has 0 aromatic heterocycles. The Balaban J connectivity index is 2.12. The number of alkyl halides is 6. The van der Waals surface area contributed by atoms with Crippen molar-refractivity contribution in [2.75, 3.05) is 7.05 Å². The molecule has 1 saturated carbocycles. The highest BCUT2D eigenvalue weighted by atomic mass is 19.4. The van der Waals surface area contributed by atoms with E-state index in [0.717, 1.165) is 6.42 Å². The lowest BCUT2D eigenvalue weighted by Crippen LogP contribution is -2.30. The van der Waals surface area contributed by atoms with E-state index in [-0.39, 0.29) is 36.0 Å². The van der Waals surface area contributed by atoms with E-state index >= 15 is 0 Å². The van der Waals surface area contributed by atoms with Crippen LogP contribution in [0.1, 0.15) is 36.0 Å². The van der Waals surface area contributed by atoms with Gasteiger partial charge in [0.15, 0.2) is 0 Å². The summed E-state index contributed by atoms with van der Waals surface area (Å²) >= 11 is 0. The SMILES string of the molecule is CN[C@@H]1CC[C@H](C(=O)NCc2cc(C(F)(F)F)cc(C(F)(F)F)c2)C1.